The van der Waals surface area contributed by atoms with Crippen LogP contribution in [0.1, 0.15) is 0 Å². The number of nitrogens with zero attached hydrogens (tertiary/aromatic N) is 4. The number of para-hydroxylation sites is 7. The largest absolute Gasteiger partial charge is 0.311 e. The van der Waals surface area contributed by atoms with Crippen molar-refractivity contribution in [1.82, 2.24) is 9.13 Å². The van der Waals surface area contributed by atoms with Crippen molar-refractivity contribution >= 4 is 77.7 Å². The normalized spacial score (nSPS) is 11.4. The highest BCUT2D eigenvalue weighted by Crippen LogP contribution is 2.44. The zero-order valence-corrected chi connectivity index (χ0v) is 41.7. The van der Waals surface area contributed by atoms with Gasteiger partial charge in [-0.25, -0.2) is 0 Å². The molecule has 2 aromatic heterocycles. The zero-order valence-electron chi connectivity index (χ0n) is 41.7. The molecule has 0 aliphatic heterocycles. The first-order valence-electron chi connectivity index (χ1n) is 26.0. The summed E-state index contributed by atoms with van der Waals surface area (Å²) >= 11 is 0. The number of rotatable bonds is 11. The fourth-order valence-electron chi connectivity index (χ4n) is 11.4. The van der Waals surface area contributed by atoms with Crippen LogP contribution in [0.25, 0.3) is 88.4 Å². The number of aromatic nitrogens is 2. The molecule has 0 saturated carbocycles. The Morgan fingerprint density at radius 3 is 1.18 bits per heavy atom. The summed E-state index contributed by atoms with van der Waals surface area (Å²) in [4.78, 5) is 4.67. The summed E-state index contributed by atoms with van der Waals surface area (Å²) in [5.41, 5.74) is 20.4. The van der Waals surface area contributed by atoms with E-state index < -0.39 is 0 Å². The van der Waals surface area contributed by atoms with Crippen molar-refractivity contribution in [3.05, 3.63) is 303 Å². The molecule has 4 nitrogen and oxygen atoms in total. The van der Waals surface area contributed by atoms with Gasteiger partial charge in [0.2, 0.25) is 0 Å². The average molecular weight is 971 g/mol. The lowest BCUT2D eigenvalue weighted by molar-refractivity contribution is 1.18. The number of hydrogen-bond donors (Lipinski definition) is 0. The molecule has 14 aromatic rings. The smallest absolute Gasteiger partial charge is 0.0547 e. The minimum atomic E-state index is 1.06. The van der Waals surface area contributed by atoms with E-state index in [1.807, 2.05) is 0 Å². The summed E-state index contributed by atoms with van der Waals surface area (Å²) in [6.45, 7) is 0. The van der Waals surface area contributed by atoms with E-state index in [0.29, 0.717) is 0 Å². The molecule has 76 heavy (non-hydrogen) atoms. The molecule has 14 rings (SSSR count). The van der Waals surface area contributed by atoms with Crippen LogP contribution in [-0.2, 0) is 0 Å². The van der Waals surface area contributed by atoms with Gasteiger partial charge in [0.25, 0.3) is 0 Å². The Kier molecular flexibility index (Phi) is 11.2. The van der Waals surface area contributed by atoms with Crippen molar-refractivity contribution in [2.75, 3.05) is 9.80 Å². The highest BCUT2D eigenvalue weighted by molar-refractivity contribution is 6.16. The summed E-state index contributed by atoms with van der Waals surface area (Å²) in [5.74, 6) is 0. The zero-order chi connectivity index (χ0) is 50.4. The molecular weight excluding hydrogens is 921 g/mol. The van der Waals surface area contributed by atoms with Gasteiger partial charge in [-0.1, -0.05) is 158 Å². The van der Waals surface area contributed by atoms with E-state index in [9.17, 15) is 0 Å². The van der Waals surface area contributed by atoms with Gasteiger partial charge in [0.05, 0.1) is 22.1 Å². The van der Waals surface area contributed by atoms with Crippen LogP contribution in [0.15, 0.2) is 303 Å². The Labute approximate surface area is 442 Å². The Hall–Kier alpha value is -10.2. The fraction of sp³-hybridized carbons (Fsp3) is 0. The van der Waals surface area contributed by atoms with Gasteiger partial charge in [-0.2, -0.15) is 0 Å². The van der Waals surface area contributed by atoms with E-state index in [1.165, 1.54) is 49.2 Å². The molecule has 0 atom stereocenters. The SMILES string of the molecule is c1ccc(N(c2ccccc2)c2ccc(N(c3ccccc3)c3cccc(-c4cc(-c5ccc6c(c5)c5ccccc5n6-c5ccccc5)cc(-c5cccc6c5c5ccccc5n6-c5ccccc5)c4)c3)cc2)cc1. The quantitative estimate of drug-likeness (QED) is 0.128. The van der Waals surface area contributed by atoms with Crippen LogP contribution >= 0.6 is 0 Å². The Morgan fingerprint density at radius 1 is 0.211 bits per heavy atom. The number of fused-ring (bicyclic) bond motifs is 6. The number of hydrogen-bond acceptors (Lipinski definition) is 2. The van der Waals surface area contributed by atoms with Crippen LogP contribution in [0, 0.1) is 0 Å². The molecule has 0 aliphatic rings. The molecule has 0 saturated heterocycles. The van der Waals surface area contributed by atoms with Crippen molar-refractivity contribution in [3.63, 3.8) is 0 Å². The molecule has 0 spiro atoms. The van der Waals surface area contributed by atoms with Gasteiger partial charge in [-0.05, 0) is 179 Å². The minimum Gasteiger partial charge on any atom is -0.311 e. The molecule has 0 aliphatic carbocycles. The van der Waals surface area contributed by atoms with Gasteiger partial charge < -0.3 is 18.9 Å². The maximum atomic E-state index is 2.41. The summed E-state index contributed by atoms with van der Waals surface area (Å²) < 4.78 is 4.80. The molecule has 0 radical (unpaired) electrons. The van der Waals surface area contributed by atoms with Crippen LogP contribution in [0.2, 0.25) is 0 Å². The minimum absolute atomic E-state index is 1.06. The fourth-order valence-corrected chi connectivity index (χ4v) is 11.4. The van der Waals surface area contributed by atoms with Crippen molar-refractivity contribution in [2.45, 2.75) is 0 Å². The van der Waals surface area contributed by atoms with Gasteiger partial charge in [-0.15, -0.1) is 0 Å². The second-order valence-corrected chi connectivity index (χ2v) is 19.4. The van der Waals surface area contributed by atoms with Gasteiger partial charge in [0.1, 0.15) is 0 Å². The van der Waals surface area contributed by atoms with Gasteiger partial charge in [0.15, 0.2) is 0 Å². The van der Waals surface area contributed by atoms with Crippen molar-refractivity contribution < 1.29 is 0 Å². The predicted octanol–water partition coefficient (Wildman–Crippen LogP) is 19.8. The number of benzene rings is 12. The predicted molar refractivity (Wildman–Crippen MR) is 321 cm³/mol. The van der Waals surface area contributed by atoms with Crippen LogP contribution < -0.4 is 9.80 Å². The van der Waals surface area contributed by atoms with Crippen LogP contribution in [0.3, 0.4) is 0 Å². The highest BCUT2D eigenvalue weighted by Gasteiger charge is 2.21. The molecular formula is C72H50N4. The van der Waals surface area contributed by atoms with Crippen LogP contribution in [0.4, 0.5) is 34.1 Å². The molecule has 0 unspecified atom stereocenters. The lowest BCUT2D eigenvalue weighted by atomic mass is 9.91. The molecule has 0 N–H and O–H groups in total. The van der Waals surface area contributed by atoms with Crippen LogP contribution in [-0.4, -0.2) is 9.13 Å². The van der Waals surface area contributed by atoms with Gasteiger partial charge in [-0.3, -0.25) is 0 Å². The second-order valence-electron chi connectivity index (χ2n) is 19.4. The first-order chi connectivity index (χ1) is 37.7. The van der Waals surface area contributed by atoms with Gasteiger partial charge >= 0.3 is 0 Å². The molecule has 4 heteroatoms. The Bertz CT molecular complexity index is 4330. The van der Waals surface area contributed by atoms with Crippen LogP contribution in [0.5, 0.6) is 0 Å². The molecule has 0 fully saturated rings. The topological polar surface area (TPSA) is 16.3 Å². The maximum absolute atomic E-state index is 2.41. The molecule has 358 valence electrons. The summed E-state index contributed by atoms with van der Waals surface area (Å²) in [7, 11) is 0. The van der Waals surface area contributed by atoms with E-state index in [-0.39, 0.29) is 0 Å². The van der Waals surface area contributed by atoms with E-state index in [2.05, 4.69) is 322 Å². The third kappa shape index (κ3) is 7.88. The lowest BCUT2D eigenvalue weighted by Gasteiger charge is -2.28. The summed E-state index contributed by atoms with van der Waals surface area (Å²) in [6, 6.07) is 110. The Balaban J connectivity index is 0.948. The molecule has 12 aromatic carbocycles. The molecule has 0 amide bonds. The van der Waals surface area contributed by atoms with E-state index in [0.717, 1.165) is 73.3 Å². The van der Waals surface area contributed by atoms with Crippen molar-refractivity contribution in [3.8, 4) is 44.8 Å². The lowest BCUT2D eigenvalue weighted by Crippen LogP contribution is -2.12. The van der Waals surface area contributed by atoms with Gasteiger partial charge in [0, 0.05) is 67.0 Å². The second kappa shape index (κ2) is 19.0. The standard InChI is InChI=1S/C72H50N4/c1-6-23-56(24-7-1)73(57-25-8-2-9-26-57)61-41-43-62(44-42-61)74(58-27-10-3-11-28-58)63-33-20-22-51(49-63)53-46-54(52-40-45-70-67(50-52)65-34-16-18-37-68(65)75(70)59-29-12-4-13-30-59)48-55(47-53)64-36-21-39-71-72(64)66-35-17-19-38-69(66)76(71)60-31-14-5-15-32-60/h1-50H. The van der Waals surface area contributed by atoms with E-state index in [4.69, 9.17) is 0 Å². The molecule has 2 heterocycles. The van der Waals surface area contributed by atoms with E-state index >= 15 is 0 Å². The first kappa shape index (κ1) is 44.5. The third-order valence-corrected chi connectivity index (χ3v) is 14.8. The molecule has 0 bridgehead atoms. The summed E-state index contributed by atoms with van der Waals surface area (Å²) in [6.07, 6.45) is 0. The third-order valence-electron chi connectivity index (χ3n) is 14.8. The first-order valence-corrected chi connectivity index (χ1v) is 26.0. The monoisotopic (exact) mass is 970 g/mol. The van der Waals surface area contributed by atoms with Crippen molar-refractivity contribution in [2.24, 2.45) is 0 Å². The van der Waals surface area contributed by atoms with Crippen molar-refractivity contribution in [1.29, 1.82) is 0 Å². The maximum Gasteiger partial charge on any atom is 0.0547 e. The Morgan fingerprint density at radius 2 is 0.605 bits per heavy atom. The highest BCUT2D eigenvalue weighted by atomic mass is 15.2. The number of anilines is 6. The van der Waals surface area contributed by atoms with E-state index in [1.54, 1.807) is 0 Å². The summed E-state index contributed by atoms with van der Waals surface area (Å²) in [5, 5.41) is 4.91. The average Bonchev–Trinajstić information content (AvgIpc) is 4.09.